The Morgan fingerprint density at radius 1 is 0.242 bits per heavy atom. The molecule has 4 heterocycles. The predicted molar refractivity (Wildman–Crippen MR) is 411 cm³/mol. The topological polar surface area (TPSA) is 27.7 Å². The maximum atomic E-state index is 5.09. The summed E-state index contributed by atoms with van der Waals surface area (Å²) in [5.41, 5.74) is 29.7. The van der Waals surface area contributed by atoms with Gasteiger partial charge in [0.05, 0.1) is 43.9 Å². The Bertz CT molecular complexity index is 6000. The average Bonchev–Trinajstić information content (AvgIpc) is 1.55. The van der Waals surface area contributed by atoms with E-state index < -0.39 is 10.8 Å². The zero-order valence-corrected chi connectivity index (χ0v) is 55.2. The summed E-state index contributed by atoms with van der Waals surface area (Å²) >= 11 is 0. The third-order valence-electron chi connectivity index (χ3n) is 22.0. The van der Waals surface area contributed by atoms with E-state index in [9.17, 15) is 0 Å². The van der Waals surface area contributed by atoms with Crippen molar-refractivity contribution in [2.75, 3.05) is 0 Å². The SMILES string of the molecule is CC(C)(C)c1ccc(-n2c3ccc(C4(c5ccccc5)c5ccccc5-c5ccccc54)cc3c3cc(C4(c5ccc(-c6cncc(-c7cc(-n8c9ccccc9c9ccccc98)cc(-n8c9ccccc9c9ccccc98)c7)c6)cc5)c5ccccc5-c5ccccc54)ccc32)cc1. The first kappa shape index (κ1) is 56.9. The quantitative estimate of drug-likeness (QED) is 0.142. The Labute approximate surface area is 575 Å². The first-order valence-corrected chi connectivity index (χ1v) is 34.6. The maximum Gasteiger partial charge on any atom is 0.0713 e. The van der Waals surface area contributed by atoms with Gasteiger partial charge in [-0.2, -0.15) is 0 Å². The van der Waals surface area contributed by atoms with Crippen LogP contribution >= 0.6 is 0 Å². The molecule has 0 bridgehead atoms. The number of benzene rings is 14. The second-order valence-corrected chi connectivity index (χ2v) is 28.2. The van der Waals surface area contributed by atoms with Crippen molar-refractivity contribution in [2.24, 2.45) is 0 Å². The molecular weight excluding hydrogens is 1200 g/mol. The highest BCUT2D eigenvalue weighted by Gasteiger charge is 2.48. The summed E-state index contributed by atoms with van der Waals surface area (Å²) in [6, 6.07) is 126. The van der Waals surface area contributed by atoms with Crippen LogP contribution in [-0.4, -0.2) is 18.7 Å². The van der Waals surface area contributed by atoms with E-state index >= 15 is 0 Å². The van der Waals surface area contributed by atoms with Gasteiger partial charge in [0, 0.05) is 72.9 Å². The van der Waals surface area contributed by atoms with Crippen LogP contribution in [0, 0.1) is 0 Å². The summed E-state index contributed by atoms with van der Waals surface area (Å²) < 4.78 is 7.37. The van der Waals surface area contributed by atoms with Crippen molar-refractivity contribution in [1.29, 1.82) is 0 Å². The molecular formula is C95H66N4. The number of fused-ring (bicyclic) bond motifs is 15. The van der Waals surface area contributed by atoms with E-state index in [1.54, 1.807) is 0 Å². The summed E-state index contributed by atoms with van der Waals surface area (Å²) in [6.07, 6.45) is 4.06. The van der Waals surface area contributed by atoms with Crippen LogP contribution in [0.4, 0.5) is 0 Å². The van der Waals surface area contributed by atoms with Gasteiger partial charge in [0.25, 0.3) is 0 Å². The highest BCUT2D eigenvalue weighted by atomic mass is 15.0. The number of hydrogen-bond acceptors (Lipinski definition) is 1. The van der Waals surface area contributed by atoms with Crippen LogP contribution in [0.3, 0.4) is 0 Å². The zero-order chi connectivity index (χ0) is 65.7. The second-order valence-electron chi connectivity index (χ2n) is 28.2. The third-order valence-corrected chi connectivity index (χ3v) is 22.0. The molecule has 4 nitrogen and oxygen atoms in total. The van der Waals surface area contributed by atoms with Gasteiger partial charge in [-0.1, -0.05) is 269 Å². The van der Waals surface area contributed by atoms with Gasteiger partial charge >= 0.3 is 0 Å². The smallest absolute Gasteiger partial charge is 0.0713 e. The van der Waals surface area contributed by atoms with Gasteiger partial charge < -0.3 is 13.7 Å². The van der Waals surface area contributed by atoms with Crippen molar-refractivity contribution >= 4 is 65.4 Å². The first-order chi connectivity index (χ1) is 48.7. The minimum absolute atomic E-state index is 0.00710. The largest absolute Gasteiger partial charge is 0.309 e. The summed E-state index contributed by atoms with van der Waals surface area (Å²) in [6.45, 7) is 6.88. The highest BCUT2D eigenvalue weighted by Crippen LogP contribution is 2.59. The lowest BCUT2D eigenvalue weighted by molar-refractivity contribution is 0.590. The molecule has 466 valence electrons. The Hall–Kier alpha value is -12.4. The fourth-order valence-electron chi connectivity index (χ4n) is 17.7. The van der Waals surface area contributed by atoms with Gasteiger partial charge in [-0.15, -0.1) is 0 Å². The molecule has 14 aromatic carbocycles. The molecule has 0 spiro atoms. The van der Waals surface area contributed by atoms with Crippen molar-refractivity contribution < 1.29 is 0 Å². The highest BCUT2D eigenvalue weighted by molar-refractivity contribution is 6.12. The van der Waals surface area contributed by atoms with Crippen LogP contribution in [0.15, 0.2) is 346 Å². The number of hydrogen-bond donors (Lipinski definition) is 0. The van der Waals surface area contributed by atoms with E-state index in [1.165, 1.54) is 110 Å². The lowest BCUT2D eigenvalue weighted by atomic mass is 9.67. The number of nitrogens with zero attached hydrogens (tertiary/aromatic N) is 4. The Morgan fingerprint density at radius 2 is 0.586 bits per heavy atom. The lowest BCUT2D eigenvalue weighted by Gasteiger charge is -2.34. The van der Waals surface area contributed by atoms with Gasteiger partial charge in [0.1, 0.15) is 0 Å². The number of aromatic nitrogens is 4. The van der Waals surface area contributed by atoms with Crippen LogP contribution in [0.25, 0.3) is 127 Å². The molecule has 4 heteroatoms. The molecule has 20 rings (SSSR count). The molecule has 2 aliphatic carbocycles. The van der Waals surface area contributed by atoms with Crippen molar-refractivity contribution in [1.82, 2.24) is 18.7 Å². The van der Waals surface area contributed by atoms with E-state index in [4.69, 9.17) is 4.98 Å². The molecule has 0 radical (unpaired) electrons. The first-order valence-electron chi connectivity index (χ1n) is 34.6. The van der Waals surface area contributed by atoms with E-state index in [1.807, 2.05) is 12.4 Å². The number of para-hydroxylation sites is 4. The fourth-order valence-corrected chi connectivity index (χ4v) is 17.7. The van der Waals surface area contributed by atoms with Gasteiger partial charge in [-0.25, -0.2) is 0 Å². The lowest BCUT2D eigenvalue weighted by Crippen LogP contribution is -2.28. The number of pyridine rings is 1. The molecule has 99 heavy (non-hydrogen) atoms. The van der Waals surface area contributed by atoms with Gasteiger partial charge in [0.15, 0.2) is 0 Å². The molecule has 0 saturated heterocycles. The van der Waals surface area contributed by atoms with E-state index in [0.717, 1.165) is 66.9 Å². The molecule has 0 unspecified atom stereocenters. The average molecular weight is 1260 g/mol. The van der Waals surface area contributed by atoms with Crippen molar-refractivity contribution in [2.45, 2.75) is 37.0 Å². The predicted octanol–water partition coefficient (Wildman–Crippen LogP) is 23.7. The molecule has 0 atom stereocenters. The van der Waals surface area contributed by atoms with Gasteiger partial charge in [-0.05, 0) is 174 Å². The summed E-state index contributed by atoms with van der Waals surface area (Å²) in [5, 5.41) is 7.32. The van der Waals surface area contributed by atoms with Crippen molar-refractivity contribution in [3.8, 4) is 61.6 Å². The Kier molecular flexibility index (Phi) is 12.4. The Morgan fingerprint density at radius 3 is 1.01 bits per heavy atom. The van der Waals surface area contributed by atoms with Crippen LogP contribution in [0.2, 0.25) is 0 Å². The summed E-state index contributed by atoms with van der Waals surface area (Å²) in [7, 11) is 0. The van der Waals surface area contributed by atoms with Crippen LogP contribution < -0.4 is 0 Å². The zero-order valence-electron chi connectivity index (χ0n) is 55.2. The molecule has 0 fully saturated rings. The molecule has 18 aromatic rings. The summed E-state index contributed by atoms with van der Waals surface area (Å²) in [4.78, 5) is 5.09. The fraction of sp³-hybridized carbons (Fsp3) is 0.0632. The molecule has 0 saturated carbocycles. The van der Waals surface area contributed by atoms with Crippen molar-refractivity contribution in [3.63, 3.8) is 0 Å². The van der Waals surface area contributed by atoms with Gasteiger partial charge in [0.2, 0.25) is 0 Å². The molecule has 2 aliphatic rings. The normalized spacial score (nSPS) is 13.6. The molecule has 0 aliphatic heterocycles. The molecule has 0 N–H and O–H groups in total. The maximum absolute atomic E-state index is 5.09. The monoisotopic (exact) mass is 1260 g/mol. The van der Waals surface area contributed by atoms with E-state index in [0.29, 0.717) is 0 Å². The number of rotatable bonds is 9. The second kappa shape index (κ2) is 21.6. The van der Waals surface area contributed by atoms with Crippen LogP contribution in [0.1, 0.15) is 70.8 Å². The molecule has 0 amide bonds. The molecule has 4 aromatic heterocycles. The standard InChI is InChI=1S/C95H66N4/c1-93(2,3)65-45-49-70(50-46-65)97-91-51-47-68(94(66-23-5-4-6-24-66)83-33-15-7-25-73(83)74-26-8-16-34-84(74)94)56-81(91)82-57-69(48-52-92(82)97)95(85-35-17-9-27-75(85)76-28-10-18-36-86(76)95)67-43-41-61(42-44-67)63-53-64(60-96-59-63)62-54-71(98-87-37-19-11-29-77(87)78-30-12-20-38-88(78)98)58-72(55-62)99-89-39-21-13-31-79(89)80-32-14-22-40-90(80)99/h4-60H,1-3H3. The van der Waals surface area contributed by atoms with Crippen LogP contribution in [-0.2, 0) is 16.2 Å². The third kappa shape index (κ3) is 8.24. The van der Waals surface area contributed by atoms with E-state index in [-0.39, 0.29) is 5.41 Å². The van der Waals surface area contributed by atoms with E-state index in [2.05, 4.69) is 368 Å². The van der Waals surface area contributed by atoms with Gasteiger partial charge in [-0.3, -0.25) is 4.98 Å². The minimum Gasteiger partial charge on any atom is -0.309 e. The van der Waals surface area contributed by atoms with Crippen molar-refractivity contribution in [3.05, 3.63) is 396 Å². The Balaban J connectivity index is 0.777. The van der Waals surface area contributed by atoms with Crippen LogP contribution in [0.5, 0.6) is 0 Å². The minimum atomic E-state index is -0.689. The summed E-state index contributed by atoms with van der Waals surface area (Å²) in [5.74, 6) is 0.